The van der Waals surface area contributed by atoms with E-state index in [1.165, 1.54) is 5.56 Å². The lowest BCUT2D eigenvalue weighted by atomic mass is 9.95. The fourth-order valence-corrected chi connectivity index (χ4v) is 5.14. The average molecular weight is 353 g/mol. The Labute approximate surface area is 151 Å². The highest BCUT2D eigenvalue weighted by molar-refractivity contribution is 8.14. The molecule has 0 amide bonds. The number of thioether (sulfide) groups is 1. The van der Waals surface area contributed by atoms with Crippen LogP contribution in [0.3, 0.4) is 0 Å². The highest BCUT2D eigenvalue weighted by Crippen LogP contribution is 2.49. The molecule has 3 aliphatic heterocycles. The van der Waals surface area contributed by atoms with Crippen LogP contribution in [0.25, 0.3) is 0 Å². The monoisotopic (exact) mass is 353 g/mol. The summed E-state index contributed by atoms with van der Waals surface area (Å²) in [6.45, 7) is 2.55. The van der Waals surface area contributed by atoms with Gasteiger partial charge in [-0.3, -0.25) is 9.98 Å². The van der Waals surface area contributed by atoms with Crippen LogP contribution >= 0.6 is 11.8 Å². The van der Waals surface area contributed by atoms with Crippen LogP contribution in [-0.2, 0) is 0 Å². The number of benzene rings is 1. The molecule has 3 atom stereocenters. The quantitative estimate of drug-likeness (QED) is 0.840. The van der Waals surface area contributed by atoms with E-state index in [1.807, 2.05) is 36.2 Å². The second kappa shape index (κ2) is 5.95. The minimum atomic E-state index is 0.0124. The molecule has 25 heavy (non-hydrogen) atoms. The molecule has 5 nitrogen and oxygen atoms in total. The van der Waals surface area contributed by atoms with Crippen molar-refractivity contribution < 1.29 is 9.47 Å². The molecular formula is C19H19N3O2S. The van der Waals surface area contributed by atoms with Crippen LogP contribution in [0.15, 0.2) is 47.6 Å². The molecule has 1 aromatic heterocycles. The number of aromatic nitrogens is 1. The molecule has 2 aromatic rings. The lowest BCUT2D eigenvalue weighted by Crippen LogP contribution is -2.35. The third-order valence-electron chi connectivity index (χ3n) is 5.07. The van der Waals surface area contributed by atoms with Crippen LogP contribution in [0, 0.1) is 0 Å². The zero-order chi connectivity index (χ0) is 16.8. The summed E-state index contributed by atoms with van der Waals surface area (Å²) in [5, 5.41) is 1.14. The van der Waals surface area contributed by atoms with Gasteiger partial charge < -0.3 is 14.4 Å². The van der Waals surface area contributed by atoms with Crippen LogP contribution in [0.1, 0.15) is 36.7 Å². The van der Waals surface area contributed by atoms with Gasteiger partial charge in [-0.1, -0.05) is 30.8 Å². The van der Waals surface area contributed by atoms with Crippen molar-refractivity contribution in [3.8, 4) is 11.5 Å². The smallest absolute Gasteiger partial charge is 0.231 e. The Morgan fingerprint density at radius 2 is 2.12 bits per heavy atom. The summed E-state index contributed by atoms with van der Waals surface area (Å²) in [5.41, 5.74) is 2.22. The predicted molar refractivity (Wildman–Crippen MR) is 98.1 cm³/mol. The van der Waals surface area contributed by atoms with Crippen molar-refractivity contribution in [3.05, 3.63) is 53.9 Å². The highest BCUT2D eigenvalue weighted by Gasteiger charge is 2.45. The highest BCUT2D eigenvalue weighted by atomic mass is 32.2. The molecule has 0 radical (unpaired) electrons. The summed E-state index contributed by atoms with van der Waals surface area (Å²) in [6.07, 6.45) is 2.96. The molecule has 6 heteroatoms. The number of hydrogen-bond acceptors (Lipinski definition) is 6. The van der Waals surface area contributed by atoms with Gasteiger partial charge >= 0.3 is 0 Å². The van der Waals surface area contributed by atoms with E-state index in [4.69, 9.17) is 14.5 Å². The van der Waals surface area contributed by atoms with Crippen LogP contribution in [-0.4, -0.2) is 33.6 Å². The SMILES string of the molecule is CC[C@@H]1CSC2=N[C@H](c3ccccn3)[C@H](c3ccc4c(c3)OCO4)N21. The van der Waals surface area contributed by atoms with Gasteiger partial charge in [0.15, 0.2) is 16.7 Å². The summed E-state index contributed by atoms with van der Waals surface area (Å²) in [5.74, 6) is 2.75. The Balaban J connectivity index is 1.60. The first-order chi connectivity index (χ1) is 12.3. The molecule has 3 aliphatic rings. The molecule has 0 spiro atoms. The van der Waals surface area contributed by atoms with Crippen molar-refractivity contribution in [1.29, 1.82) is 0 Å². The Bertz CT molecular complexity index is 827. The molecule has 1 aromatic carbocycles. The number of rotatable bonds is 3. The summed E-state index contributed by atoms with van der Waals surface area (Å²) in [4.78, 5) is 12.1. The molecule has 128 valence electrons. The van der Waals surface area contributed by atoms with Crippen LogP contribution in [0.5, 0.6) is 11.5 Å². The number of ether oxygens (including phenoxy) is 2. The average Bonchev–Trinajstić information content (AvgIpc) is 3.36. The number of nitrogens with zero attached hydrogens (tertiary/aromatic N) is 3. The minimum absolute atomic E-state index is 0.0124. The Morgan fingerprint density at radius 3 is 2.96 bits per heavy atom. The van der Waals surface area contributed by atoms with Crippen LogP contribution in [0.4, 0.5) is 0 Å². The molecular weight excluding hydrogens is 334 g/mol. The van der Waals surface area contributed by atoms with E-state index in [9.17, 15) is 0 Å². The maximum atomic E-state index is 5.61. The topological polar surface area (TPSA) is 47.0 Å². The number of pyridine rings is 1. The molecule has 0 N–H and O–H groups in total. The molecule has 1 saturated heterocycles. The molecule has 5 rings (SSSR count). The number of amidine groups is 1. The first-order valence-corrected chi connectivity index (χ1v) is 9.63. The van der Waals surface area contributed by atoms with Crippen molar-refractivity contribution in [2.24, 2.45) is 4.99 Å². The zero-order valence-electron chi connectivity index (χ0n) is 14.0. The molecule has 0 bridgehead atoms. The van der Waals surface area contributed by atoms with Crippen molar-refractivity contribution in [1.82, 2.24) is 9.88 Å². The third-order valence-corrected chi connectivity index (χ3v) is 6.19. The summed E-state index contributed by atoms with van der Waals surface area (Å²) in [7, 11) is 0. The van der Waals surface area contributed by atoms with E-state index in [2.05, 4.69) is 35.0 Å². The Kier molecular flexibility index (Phi) is 3.59. The van der Waals surface area contributed by atoms with Gasteiger partial charge in [0.25, 0.3) is 0 Å². The van der Waals surface area contributed by atoms with E-state index < -0.39 is 0 Å². The summed E-state index contributed by atoms with van der Waals surface area (Å²) in [6, 6.07) is 13.0. The maximum Gasteiger partial charge on any atom is 0.231 e. The number of hydrogen-bond donors (Lipinski definition) is 0. The summed E-state index contributed by atoms with van der Waals surface area (Å²) < 4.78 is 11.1. The van der Waals surface area contributed by atoms with E-state index >= 15 is 0 Å². The number of aliphatic imine (C=N–C) groups is 1. The fourth-order valence-electron chi connectivity index (χ4n) is 3.81. The maximum absolute atomic E-state index is 5.61. The standard InChI is InChI=1S/C19H19N3O2S/c1-2-13-10-25-19-21-17(14-5-3-4-8-20-14)18(22(13)19)12-6-7-15-16(9-12)24-11-23-15/h3-9,13,17-18H,2,10-11H2,1H3/t13-,17-,18+/m1/s1. The van der Waals surface area contributed by atoms with E-state index in [1.54, 1.807) is 0 Å². The van der Waals surface area contributed by atoms with Crippen LogP contribution in [0.2, 0.25) is 0 Å². The first-order valence-electron chi connectivity index (χ1n) is 8.64. The van der Waals surface area contributed by atoms with Gasteiger partial charge in [0.1, 0.15) is 6.04 Å². The van der Waals surface area contributed by atoms with E-state index in [0.29, 0.717) is 12.8 Å². The van der Waals surface area contributed by atoms with Gasteiger partial charge in [0.2, 0.25) is 6.79 Å². The van der Waals surface area contributed by atoms with Gasteiger partial charge in [-0.15, -0.1) is 0 Å². The van der Waals surface area contributed by atoms with Crippen molar-refractivity contribution in [2.75, 3.05) is 12.5 Å². The molecule has 0 saturated carbocycles. The fraction of sp³-hybridized carbons (Fsp3) is 0.368. The summed E-state index contributed by atoms with van der Waals surface area (Å²) >= 11 is 1.86. The second-order valence-corrected chi connectivity index (χ2v) is 7.44. The third kappa shape index (κ3) is 2.39. The van der Waals surface area contributed by atoms with Gasteiger partial charge in [-0.05, 0) is 36.2 Å². The van der Waals surface area contributed by atoms with Crippen molar-refractivity contribution in [3.63, 3.8) is 0 Å². The normalized spacial score (nSPS) is 26.7. The zero-order valence-corrected chi connectivity index (χ0v) is 14.8. The second-order valence-electron chi connectivity index (χ2n) is 6.45. The lowest BCUT2D eigenvalue weighted by molar-refractivity contribution is 0.173. The van der Waals surface area contributed by atoms with Crippen LogP contribution < -0.4 is 9.47 Å². The van der Waals surface area contributed by atoms with Crippen molar-refractivity contribution in [2.45, 2.75) is 31.5 Å². The Hall–Kier alpha value is -2.21. The van der Waals surface area contributed by atoms with Gasteiger partial charge in [0.05, 0.1) is 11.7 Å². The lowest BCUT2D eigenvalue weighted by Gasteiger charge is -2.32. The van der Waals surface area contributed by atoms with Gasteiger partial charge in [-0.25, -0.2) is 0 Å². The van der Waals surface area contributed by atoms with Gasteiger partial charge in [0, 0.05) is 18.0 Å². The first kappa shape index (κ1) is 15.1. The van der Waals surface area contributed by atoms with E-state index in [0.717, 1.165) is 34.5 Å². The molecule has 0 unspecified atom stereocenters. The predicted octanol–water partition coefficient (Wildman–Crippen LogP) is 3.79. The number of fused-ring (bicyclic) bond motifs is 2. The van der Waals surface area contributed by atoms with Gasteiger partial charge in [-0.2, -0.15) is 0 Å². The largest absolute Gasteiger partial charge is 0.454 e. The minimum Gasteiger partial charge on any atom is -0.454 e. The molecule has 4 heterocycles. The Morgan fingerprint density at radius 1 is 1.20 bits per heavy atom. The molecule has 0 aliphatic carbocycles. The van der Waals surface area contributed by atoms with E-state index in [-0.39, 0.29) is 12.1 Å². The van der Waals surface area contributed by atoms with Crippen molar-refractivity contribution >= 4 is 16.9 Å². The molecule has 1 fully saturated rings.